The highest BCUT2D eigenvalue weighted by molar-refractivity contribution is 6.04. The van der Waals surface area contributed by atoms with Gasteiger partial charge < -0.3 is 4.74 Å². The number of hydrogen-bond donors (Lipinski definition) is 0. The van der Waals surface area contributed by atoms with Crippen molar-refractivity contribution in [2.45, 2.75) is 25.6 Å². The molecule has 1 amide bonds. The first-order valence-electron chi connectivity index (χ1n) is 9.46. The van der Waals surface area contributed by atoms with Crippen LogP contribution in [0, 0.1) is 0 Å². The normalized spacial score (nSPS) is 15.1. The molecule has 154 valence electrons. The number of nitrogens with zero attached hydrogens (tertiary/aromatic N) is 3. The van der Waals surface area contributed by atoms with Crippen LogP contribution in [0.2, 0.25) is 0 Å². The topological polar surface area (TPSA) is 54.8 Å². The zero-order chi connectivity index (χ0) is 21.1. The zero-order valence-electron chi connectivity index (χ0n) is 15.9. The van der Waals surface area contributed by atoms with Crippen molar-refractivity contribution < 1.29 is 22.7 Å². The van der Waals surface area contributed by atoms with Crippen molar-refractivity contribution >= 4 is 22.5 Å². The number of carbonyl (C=O) groups excluding carboxylic acids is 1. The number of amides is 1. The monoisotopic (exact) mass is 413 g/mol. The summed E-state index contributed by atoms with van der Waals surface area (Å²) in [5.74, 6) is -0.435. The number of carbonyl (C=O) groups is 1. The first kappa shape index (κ1) is 19.9. The fraction of sp³-hybridized carbons (Fsp3) is 0.227. The van der Waals surface area contributed by atoms with E-state index in [9.17, 15) is 18.0 Å². The van der Waals surface area contributed by atoms with Crippen LogP contribution in [0.4, 0.5) is 13.2 Å². The molecule has 0 N–H and O–H groups in total. The highest BCUT2D eigenvalue weighted by Gasteiger charge is 2.31. The molecule has 5 nitrogen and oxygen atoms in total. The van der Waals surface area contributed by atoms with E-state index in [2.05, 4.69) is 14.8 Å². The number of aromatic nitrogens is 1. The summed E-state index contributed by atoms with van der Waals surface area (Å²) in [5.41, 5.74) is 2.65. The minimum absolute atomic E-state index is 0.102. The summed E-state index contributed by atoms with van der Waals surface area (Å²) in [4.78, 5) is 16.4. The lowest BCUT2D eigenvalue weighted by atomic mass is 9.99. The number of para-hydroxylation sites is 1. The van der Waals surface area contributed by atoms with Gasteiger partial charge in [-0.1, -0.05) is 30.3 Å². The molecular weight excluding hydrogens is 395 g/mol. The maximum atomic E-state index is 12.7. The molecule has 0 radical (unpaired) electrons. The number of rotatable bonds is 5. The number of ether oxygens (including phenoxy) is 1. The number of fused-ring (bicyclic) bond motifs is 1. The molecular formula is C22H18F3N3O2. The van der Waals surface area contributed by atoms with Gasteiger partial charge in [0.2, 0.25) is 5.91 Å². The second-order valence-electron chi connectivity index (χ2n) is 6.91. The van der Waals surface area contributed by atoms with E-state index in [-0.39, 0.29) is 11.7 Å². The van der Waals surface area contributed by atoms with E-state index in [0.717, 1.165) is 16.5 Å². The molecule has 4 rings (SSSR count). The largest absolute Gasteiger partial charge is 0.573 e. The lowest BCUT2D eigenvalue weighted by molar-refractivity contribution is -0.274. The van der Waals surface area contributed by atoms with Gasteiger partial charge in [0.1, 0.15) is 5.75 Å². The van der Waals surface area contributed by atoms with Crippen LogP contribution < -0.4 is 4.74 Å². The number of benzene rings is 2. The average Bonchev–Trinajstić information content (AvgIpc) is 3.11. The molecule has 8 heteroatoms. The van der Waals surface area contributed by atoms with Crippen LogP contribution in [0.15, 0.2) is 65.9 Å². The van der Waals surface area contributed by atoms with Crippen molar-refractivity contribution in [3.8, 4) is 5.75 Å². The zero-order valence-corrected chi connectivity index (χ0v) is 15.9. The predicted molar refractivity (Wildman–Crippen MR) is 106 cm³/mol. The molecule has 0 bridgehead atoms. The molecule has 3 aromatic rings. The third-order valence-electron chi connectivity index (χ3n) is 4.79. The van der Waals surface area contributed by atoms with Gasteiger partial charge in [-0.15, -0.1) is 13.2 Å². The van der Waals surface area contributed by atoms with E-state index < -0.39 is 6.36 Å². The smallest absolute Gasteiger partial charge is 0.406 e. The van der Waals surface area contributed by atoms with Crippen molar-refractivity contribution in [1.82, 2.24) is 9.99 Å². The van der Waals surface area contributed by atoms with Crippen LogP contribution in [0.25, 0.3) is 10.9 Å². The summed E-state index contributed by atoms with van der Waals surface area (Å²) in [6, 6.07) is 15.1. The quantitative estimate of drug-likeness (QED) is 0.570. The Kier molecular flexibility index (Phi) is 5.39. The molecule has 0 atom stereocenters. The SMILES string of the molecule is O=C1CCCN1/N=C(\Cc1ccnc2ccccc12)c1cccc(OC(F)(F)F)c1. The second kappa shape index (κ2) is 8.14. The molecule has 0 unspecified atom stereocenters. The van der Waals surface area contributed by atoms with Crippen molar-refractivity contribution in [3.05, 3.63) is 71.9 Å². The van der Waals surface area contributed by atoms with Crippen LogP contribution in [-0.4, -0.2) is 34.5 Å². The van der Waals surface area contributed by atoms with Crippen molar-refractivity contribution in [1.29, 1.82) is 0 Å². The van der Waals surface area contributed by atoms with Gasteiger partial charge in [0, 0.05) is 36.5 Å². The molecule has 1 aliphatic heterocycles. The standard InChI is InChI=1S/C22H18F3N3O2/c23-22(24,25)30-17-6-3-5-16(13-17)20(27-28-12-4-9-21(28)29)14-15-10-11-26-19-8-2-1-7-18(15)19/h1-3,5-8,10-11,13H,4,9,12,14H2/b27-20+. The lowest BCUT2D eigenvalue weighted by Gasteiger charge is -2.15. The molecule has 30 heavy (non-hydrogen) atoms. The Labute approximate surface area is 170 Å². The number of hydrazone groups is 1. The van der Waals surface area contributed by atoms with Gasteiger partial charge in [-0.3, -0.25) is 9.78 Å². The molecule has 1 saturated heterocycles. The summed E-state index contributed by atoms with van der Waals surface area (Å²) < 4.78 is 42.0. The van der Waals surface area contributed by atoms with Gasteiger partial charge in [-0.05, 0) is 36.2 Å². The molecule has 2 aromatic carbocycles. The van der Waals surface area contributed by atoms with E-state index >= 15 is 0 Å². The third-order valence-corrected chi connectivity index (χ3v) is 4.79. The van der Waals surface area contributed by atoms with Crippen molar-refractivity contribution in [3.63, 3.8) is 0 Å². The summed E-state index contributed by atoms with van der Waals surface area (Å²) in [7, 11) is 0. The number of alkyl halides is 3. The molecule has 1 aromatic heterocycles. The number of halogens is 3. The Morgan fingerprint density at radius 3 is 2.73 bits per heavy atom. The van der Waals surface area contributed by atoms with Crippen molar-refractivity contribution in [2.75, 3.05) is 6.54 Å². The number of hydrogen-bond acceptors (Lipinski definition) is 4. The molecule has 0 aliphatic carbocycles. The van der Waals surface area contributed by atoms with Gasteiger partial charge in [0.05, 0.1) is 11.2 Å². The molecule has 1 aliphatic rings. The van der Waals surface area contributed by atoms with Crippen molar-refractivity contribution in [2.24, 2.45) is 5.10 Å². The van der Waals surface area contributed by atoms with Gasteiger partial charge in [0.15, 0.2) is 0 Å². The van der Waals surface area contributed by atoms with E-state index in [0.29, 0.717) is 37.1 Å². The first-order chi connectivity index (χ1) is 14.4. The van der Waals surface area contributed by atoms with Gasteiger partial charge in [-0.2, -0.15) is 5.10 Å². The van der Waals surface area contributed by atoms with Crippen LogP contribution in [0.3, 0.4) is 0 Å². The minimum Gasteiger partial charge on any atom is -0.406 e. The minimum atomic E-state index is -4.79. The molecule has 0 saturated carbocycles. The fourth-order valence-electron chi connectivity index (χ4n) is 3.44. The Bertz CT molecular complexity index is 1110. The maximum Gasteiger partial charge on any atom is 0.573 e. The van der Waals surface area contributed by atoms with Crippen LogP contribution in [0.5, 0.6) is 5.75 Å². The van der Waals surface area contributed by atoms with E-state index in [1.807, 2.05) is 30.3 Å². The Morgan fingerprint density at radius 1 is 1.13 bits per heavy atom. The third kappa shape index (κ3) is 4.59. The maximum absolute atomic E-state index is 12.7. The Morgan fingerprint density at radius 2 is 1.97 bits per heavy atom. The van der Waals surface area contributed by atoms with Crippen LogP contribution in [0.1, 0.15) is 24.0 Å². The summed E-state index contributed by atoms with van der Waals surface area (Å²) in [6.45, 7) is 0.484. The average molecular weight is 413 g/mol. The highest BCUT2D eigenvalue weighted by atomic mass is 19.4. The van der Waals surface area contributed by atoms with Crippen LogP contribution >= 0.6 is 0 Å². The lowest BCUT2D eigenvalue weighted by Crippen LogP contribution is -2.22. The highest BCUT2D eigenvalue weighted by Crippen LogP contribution is 2.25. The van der Waals surface area contributed by atoms with Gasteiger partial charge >= 0.3 is 6.36 Å². The van der Waals surface area contributed by atoms with Crippen LogP contribution in [-0.2, 0) is 11.2 Å². The molecule has 0 spiro atoms. The van der Waals surface area contributed by atoms with Gasteiger partial charge in [-0.25, -0.2) is 5.01 Å². The summed E-state index contributed by atoms with van der Waals surface area (Å²) in [6.07, 6.45) is -1.68. The van der Waals surface area contributed by atoms with E-state index in [1.54, 1.807) is 12.3 Å². The van der Waals surface area contributed by atoms with E-state index in [4.69, 9.17) is 0 Å². The first-order valence-corrected chi connectivity index (χ1v) is 9.46. The summed E-state index contributed by atoms with van der Waals surface area (Å²) >= 11 is 0. The molecule has 2 heterocycles. The Hall–Kier alpha value is -3.42. The second-order valence-corrected chi connectivity index (χ2v) is 6.91. The molecule has 1 fully saturated rings. The Balaban J connectivity index is 1.75. The number of pyridine rings is 1. The predicted octanol–water partition coefficient (Wildman–Crippen LogP) is 4.70. The summed E-state index contributed by atoms with van der Waals surface area (Å²) in [5, 5.41) is 6.81. The van der Waals surface area contributed by atoms with Gasteiger partial charge in [0.25, 0.3) is 0 Å². The van der Waals surface area contributed by atoms with E-state index in [1.165, 1.54) is 23.2 Å². The fourth-order valence-corrected chi connectivity index (χ4v) is 3.44.